The van der Waals surface area contributed by atoms with E-state index in [1.165, 1.54) is 31.2 Å². The monoisotopic (exact) mass is 276 g/mol. The van der Waals surface area contributed by atoms with Crippen LogP contribution in [0.2, 0.25) is 0 Å². The van der Waals surface area contributed by atoms with Crippen LogP contribution in [0.25, 0.3) is 0 Å². The van der Waals surface area contributed by atoms with Crippen molar-refractivity contribution in [1.29, 1.82) is 0 Å². The summed E-state index contributed by atoms with van der Waals surface area (Å²) in [5, 5.41) is 0. The molecule has 1 aromatic carbocycles. The predicted molar refractivity (Wildman–Crippen MR) is 78.3 cm³/mol. The van der Waals surface area contributed by atoms with Crippen LogP contribution in [0.5, 0.6) is 5.75 Å². The molecule has 2 saturated carbocycles. The highest BCUT2D eigenvalue weighted by atomic mass is 16.5. The van der Waals surface area contributed by atoms with E-state index in [0.29, 0.717) is 12.0 Å². The Kier molecular flexibility index (Phi) is 4.24. The zero-order valence-corrected chi connectivity index (χ0v) is 12.0. The summed E-state index contributed by atoms with van der Waals surface area (Å²) in [6.45, 7) is 2.76. The van der Waals surface area contributed by atoms with Crippen molar-refractivity contribution in [2.45, 2.75) is 50.9 Å². The van der Waals surface area contributed by atoms with Crippen LogP contribution in [-0.2, 0) is 4.74 Å². The lowest BCUT2D eigenvalue weighted by Crippen LogP contribution is -2.39. The molecule has 2 aliphatic rings. The molecule has 0 heterocycles. The summed E-state index contributed by atoms with van der Waals surface area (Å²) in [6.07, 6.45) is 5.45. The van der Waals surface area contributed by atoms with Crippen molar-refractivity contribution in [1.82, 2.24) is 5.43 Å². The summed E-state index contributed by atoms with van der Waals surface area (Å²) < 4.78 is 11.7. The van der Waals surface area contributed by atoms with Gasteiger partial charge in [-0.2, -0.15) is 0 Å². The van der Waals surface area contributed by atoms with Gasteiger partial charge in [0, 0.05) is 6.61 Å². The van der Waals surface area contributed by atoms with E-state index >= 15 is 0 Å². The van der Waals surface area contributed by atoms with Gasteiger partial charge in [-0.05, 0) is 56.2 Å². The lowest BCUT2D eigenvalue weighted by molar-refractivity contribution is 0.0185. The molecule has 4 heteroatoms. The van der Waals surface area contributed by atoms with Crippen molar-refractivity contribution in [3.05, 3.63) is 29.8 Å². The molecular formula is C16H24N2O2. The molecule has 0 bridgehead atoms. The lowest BCUT2D eigenvalue weighted by atomic mass is 9.98. The minimum atomic E-state index is 0.0532. The Morgan fingerprint density at radius 3 is 2.40 bits per heavy atom. The molecule has 1 aromatic rings. The van der Waals surface area contributed by atoms with Gasteiger partial charge in [-0.15, -0.1) is 0 Å². The molecule has 0 aliphatic heterocycles. The van der Waals surface area contributed by atoms with Gasteiger partial charge in [0.15, 0.2) is 0 Å². The number of nitrogens with one attached hydrogen (secondary N) is 1. The molecule has 110 valence electrons. The zero-order valence-electron chi connectivity index (χ0n) is 12.0. The summed E-state index contributed by atoms with van der Waals surface area (Å²) in [6, 6.07) is 8.31. The Labute approximate surface area is 120 Å². The van der Waals surface area contributed by atoms with E-state index in [0.717, 1.165) is 12.4 Å². The van der Waals surface area contributed by atoms with Crippen LogP contribution in [0.3, 0.4) is 0 Å². The second kappa shape index (κ2) is 6.12. The first kappa shape index (κ1) is 13.9. The van der Waals surface area contributed by atoms with Crippen molar-refractivity contribution in [2.24, 2.45) is 11.8 Å². The Balaban J connectivity index is 1.69. The van der Waals surface area contributed by atoms with Crippen LogP contribution in [-0.4, -0.2) is 18.8 Å². The molecule has 3 N–H and O–H groups in total. The lowest BCUT2D eigenvalue weighted by Gasteiger charge is -2.27. The molecule has 2 unspecified atom stereocenters. The van der Waals surface area contributed by atoms with E-state index < -0.39 is 0 Å². The second-order valence-corrected chi connectivity index (χ2v) is 5.79. The number of hydrogen-bond acceptors (Lipinski definition) is 4. The maximum absolute atomic E-state index is 5.90. The third-order valence-corrected chi connectivity index (χ3v) is 4.02. The van der Waals surface area contributed by atoms with E-state index in [1.807, 2.05) is 19.1 Å². The van der Waals surface area contributed by atoms with Crippen molar-refractivity contribution >= 4 is 0 Å². The van der Waals surface area contributed by atoms with Gasteiger partial charge in [-0.25, -0.2) is 0 Å². The quantitative estimate of drug-likeness (QED) is 0.566. The maximum atomic E-state index is 5.90. The number of hydrazine groups is 1. The minimum absolute atomic E-state index is 0.0532. The summed E-state index contributed by atoms with van der Waals surface area (Å²) in [5.41, 5.74) is 4.10. The summed E-state index contributed by atoms with van der Waals surface area (Å²) in [5.74, 6) is 7.36. The van der Waals surface area contributed by atoms with E-state index in [4.69, 9.17) is 15.3 Å². The molecule has 0 aromatic heterocycles. The molecule has 0 amide bonds. The number of hydrogen-bond donors (Lipinski definition) is 2. The maximum Gasteiger partial charge on any atom is 0.119 e. The third-order valence-electron chi connectivity index (χ3n) is 4.02. The van der Waals surface area contributed by atoms with Gasteiger partial charge >= 0.3 is 0 Å². The smallest absolute Gasteiger partial charge is 0.119 e. The van der Waals surface area contributed by atoms with E-state index in [9.17, 15) is 0 Å². The third kappa shape index (κ3) is 3.32. The number of benzene rings is 1. The summed E-state index contributed by atoms with van der Waals surface area (Å²) >= 11 is 0. The average molecular weight is 276 g/mol. The molecule has 20 heavy (non-hydrogen) atoms. The van der Waals surface area contributed by atoms with Gasteiger partial charge in [-0.3, -0.25) is 11.3 Å². The minimum Gasteiger partial charge on any atom is -0.490 e. The molecule has 2 atom stereocenters. The fourth-order valence-corrected chi connectivity index (χ4v) is 2.63. The number of rotatable bonds is 8. The SMILES string of the molecule is CCOC(C1CC1)C(NN)c1ccc(OC2CC2)cc1. The fraction of sp³-hybridized carbons (Fsp3) is 0.625. The van der Waals surface area contributed by atoms with Crippen LogP contribution in [0.4, 0.5) is 0 Å². The standard InChI is InChI=1S/C16H24N2O2/c1-2-19-16(12-3-4-12)15(18-17)11-5-7-13(8-6-11)20-14-9-10-14/h5-8,12,14-16,18H,2-4,9-10,17H2,1H3. The summed E-state index contributed by atoms with van der Waals surface area (Å²) in [4.78, 5) is 0. The second-order valence-electron chi connectivity index (χ2n) is 5.79. The molecule has 0 spiro atoms. The van der Waals surface area contributed by atoms with Crippen LogP contribution >= 0.6 is 0 Å². The zero-order chi connectivity index (χ0) is 13.9. The average Bonchev–Trinajstić information content (AvgIpc) is 3.35. The highest BCUT2D eigenvalue weighted by Gasteiger charge is 2.37. The van der Waals surface area contributed by atoms with Crippen LogP contribution < -0.4 is 16.0 Å². The van der Waals surface area contributed by atoms with Gasteiger partial charge in [0.1, 0.15) is 5.75 Å². The van der Waals surface area contributed by atoms with Crippen molar-refractivity contribution in [3.8, 4) is 5.75 Å². The van der Waals surface area contributed by atoms with E-state index in [2.05, 4.69) is 17.6 Å². The summed E-state index contributed by atoms with van der Waals surface area (Å²) in [7, 11) is 0. The van der Waals surface area contributed by atoms with Gasteiger partial charge in [-0.1, -0.05) is 12.1 Å². The number of nitrogens with two attached hydrogens (primary N) is 1. The molecule has 2 aliphatic carbocycles. The highest BCUT2D eigenvalue weighted by Crippen LogP contribution is 2.40. The first-order valence-electron chi connectivity index (χ1n) is 7.66. The first-order chi connectivity index (χ1) is 9.81. The van der Waals surface area contributed by atoms with Crippen molar-refractivity contribution in [2.75, 3.05) is 6.61 Å². The number of ether oxygens (including phenoxy) is 2. The molecular weight excluding hydrogens is 252 g/mol. The predicted octanol–water partition coefficient (Wildman–Crippen LogP) is 2.55. The van der Waals surface area contributed by atoms with E-state index in [-0.39, 0.29) is 12.1 Å². The van der Waals surface area contributed by atoms with E-state index in [1.54, 1.807) is 0 Å². The van der Waals surface area contributed by atoms with Gasteiger partial charge < -0.3 is 9.47 Å². The van der Waals surface area contributed by atoms with Gasteiger partial charge in [0.05, 0.1) is 18.2 Å². The first-order valence-corrected chi connectivity index (χ1v) is 7.66. The molecule has 2 fully saturated rings. The van der Waals surface area contributed by atoms with Gasteiger partial charge in [0.25, 0.3) is 0 Å². The Morgan fingerprint density at radius 2 is 1.90 bits per heavy atom. The molecule has 3 rings (SSSR count). The molecule has 0 radical (unpaired) electrons. The van der Waals surface area contributed by atoms with Crippen molar-refractivity contribution < 1.29 is 9.47 Å². The Morgan fingerprint density at radius 1 is 1.20 bits per heavy atom. The highest BCUT2D eigenvalue weighted by molar-refractivity contribution is 5.30. The Bertz CT molecular complexity index is 427. The normalized spacial score (nSPS) is 21.5. The van der Waals surface area contributed by atoms with Crippen LogP contribution in [0, 0.1) is 5.92 Å². The van der Waals surface area contributed by atoms with Gasteiger partial charge in [0.2, 0.25) is 0 Å². The Hall–Kier alpha value is -1.10. The molecule has 4 nitrogen and oxygen atoms in total. The largest absolute Gasteiger partial charge is 0.490 e. The van der Waals surface area contributed by atoms with Crippen LogP contribution in [0.1, 0.15) is 44.2 Å². The topological polar surface area (TPSA) is 56.5 Å². The molecule has 0 saturated heterocycles. The fourth-order valence-electron chi connectivity index (χ4n) is 2.63. The van der Waals surface area contributed by atoms with Crippen LogP contribution in [0.15, 0.2) is 24.3 Å². The van der Waals surface area contributed by atoms with Crippen molar-refractivity contribution in [3.63, 3.8) is 0 Å².